The highest BCUT2D eigenvalue weighted by molar-refractivity contribution is 6.37. The number of aliphatic imine (C=N–C) groups is 1. The molecule has 5 heteroatoms. The lowest BCUT2D eigenvalue weighted by Crippen LogP contribution is -2.23. The molecule has 0 saturated carbocycles. The first-order chi connectivity index (χ1) is 8.13. The highest BCUT2D eigenvalue weighted by Gasteiger charge is 2.18. The van der Waals surface area contributed by atoms with Crippen molar-refractivity contribution >= 4 is 29.0 Å². The summed E-state index contributed by atoms with van der Waals surface area (Å²) in [5.41, 5.74) is 0.934. The summed E-state index contributed by atoms with van der Waals surface area (Å²) in [5.74, 6) is 1.47. The van der Waals surface area contributed by atoms with Crippen LogP contribution in [0.5, 0.6) is 5.75 Å². The molecule has 3 nitrogen and oxygen atoms in total. The van der Waals surface area contributed by atoms with Crippen LogP contribution < -0.4 is 4.74 Å². The molecule has 1 heterocycles. The average Bonchev–Trinajstić information content (AvgIpc) is 2.69. The van der Waals surface area contributed by atoms with Gasteiger partial charge in [0.05, 0.1) is 23.2 Å². The Balaban J connectivity index is 2.38. The summed E-state index contributed by atoms with van der Waals surface area (Å²) in [6.07, 6.45) is 0. The quantitative estimate of drug-likeness (QED) is 0.845. The SMILES string of the molecule is CCOc1c(Cl)cc(C2=NCCN2C)cc1Cl. The molecule has 0 fully saturated rings. The lowest BCUT2D eigenvalue weighted by Gasteiger charge is -2.16. The number of hydrogen-bond donors (Lipinski definition) is 0. The molecule has 0 aliphatic carbocycles. The van der Waals surface area contributed by atoms with E-state index < -0.39 is 0 Å². The van der Waals surface area contributed by atoms with Crippen LogP contribution in [-0.2, 0) is 0 Å². The molecule has 1 aromatic rings. The van der Waals surface area contributed by atoms with Crippen LogP contribution >= 0.6 is 23.2 Å². The Kier molecular flexibility index (Phi) is 3.79. The molecule has 17 heavy (non-hydrogen) atoms. The van der Waals surface area contributed by atoms with E-state index in [1.165, 1.54) is 0 Å². The molecular weight excluding hydrogens is 259 g/mol. The van der Waals surface area contributed by atoms with Gasteiger partial charge in [-0.15, -0.1) is 0 Å². The van der Waals surface area contributed by atoms with E-state index in [4.69, 9.17) is 27.9 Å². The molecule has 1 aromatic carbocycles. The summed E-state index contributed by atoms with van der Waals surface area (Å²) >= 11 is 12.3. The molecule has 0 N–H and O–H groups in total. The minimum Gasteiger partial charge on any atom is -0.491 e. The Hall–Kier alpha value is -0.930. The van der Waals surface area contributed by atoms with Gasteiger partial charge >= 0.3 is 0 Å². The monoisotopic (exact) mass is 272 g/mol. The minimum atomic E-state index is 0.525. The van der Waals surface area contributed by atoms with Crippen LogP contribution in [0.3, 0.4) is 0 Å². The summed E-state index contributed by atoms with van der Waals surface area (Å²) < 4.78 is 5.39. The van der Waals surface area contributed by atoms with E-state index in [2.05, 4.69) is 9.89 Å². The van der Waals surface area contributed by atoms with Crippen molar-refractivity contribution in [3.05, 3.63) is 27.7 Å². The van der Waals surface area contributed by atoms with Crippen molar-refractivity contribution in [3.8, 4) is 5.75 Å². The number of amidine groups is 1. The molecule has 0 unspecified atom stereocenters. The number of halogens is 2. The van der Waals surface area contributed by atoms with Crippen LogP contribution in [-0.4, -0.2) is 37.5 Å². The van der Waals surface area contributed by atoms with E-state index in [9.17, 15) is 0 Å². The molecule has 92 valence electrons. The predicted molar refractivity (Wildman–Crippen MR) is 71.7 cm³/mol. The number of likely N-dealkylation sites (N-methyl/N-ethyl adjacent to an activating group) is 1. The standard InChI is InChI=1S/C12H14Cl2N2O/c1-3-17-11-9(13)6-8(7-10(11)14)12-15-4-5-16(12)2/h6-7H,3-5H2,1-2H3. The molecule has 0 atom stereocenters. The first-order valence-corrected chi connectivity index (χ1v) is 6.27. The van der Waals surface area contributed by atoms with E-state index in [1.807, 2.05) is 26.1 Å². The van der Waals surface area contributed by atoms with Gasteiger partial charge in [0.25, 0.3) is 0 Å². The highest BCUT2D eigenvalue weighted by atomic mass is 35.5. The van der Waals surface area contributed by atoms with Crippen LogP contribution in [0.1, 0.15) is 12.5 Å². The third kappa shape index (κ3) is 2.50. The molecule has 0 radical (unpaired) electrons. The Morgan fingerprint density at radius 1 is 1.35 bits per heavy atom. The highest BCUT2D eigenvalue weighted by Crippen LogP contribution is 2.34. The maximum atomic E-state index is 6.16. The van der Waals surface area contributed by atoms with E-state index >= 15 is 0 Å². The second kappa shape index (κ2) is 5.15. The molecule has 1 aliphatic heterocycles. The van der Waals surface area contributed by atoms with Crippen molar-refractivity contribution in [2.24, 2.45) is 4.99 Å². The Bertz CT molecular complexity index is 437. The fourth-order valence-electron chi connectivity index (χ4n) is 1.82. The molecule has 1 aliphatic rings. The Morgan fingerprint density at radius 2 is 2.00 bits per heavy atom. The number of hydrogen-bond acceptors (Lipinski definition) is 3. The van der Waals surface area contributed by atoms with Crippen LogP contribution in [0.15, 0.2) is 17.1 Å². The summed E-state index contributed by atoms with van der Waals surface area (Å²) in [4.78, 5) is 6.51. The molecule has 0 bridgehead atoms. The van der Waals surface area contributed by atoms with Crippen molar-refractivity contribution in [2.75, 3.05) is 26.7 Å². The van der Waals surface area contributed by atoms with Crippen molar-refractivity contribution in [3.63, 3.8) is 0 Å². The van der Waals surface area contributed by atoms with E-state index in [0.717, 1.165) is 24.5 Å². The van der Waals surface area contributed by atoms with Gasteiger partial charge in [0.15, 0.2) is 5.75 Å². The van der Waals surface area contributed by atoms with Gasteiger partial charge in [-0.3, -0.25) is 4.99 Å². The van der Waals surface area contributed by atoms with Gasteiger partial charge in [-0.05, 0) is 19.1 Å². The number of nitrogens with zero attached hydrogens (tertiary/aromatic N) is 2. The number of ether oxygens (including phenoxy) is 1. The van der Waals surface area contributed by atoms with Crippen molar-refractivity contribution in [2.45, 2.75) is 6.92 Å². The molecule has 2 rings (SSSR count). The maximum absolute atomic E-state index is 6.16. The lowest BCUT2D eigenvalue weighted by atomic mass is 10.2. The summed E-state index contributed by atoms with van der Waals surface area (Å²) in [6.45, 7) is 4.18. The topological polar surface area (TPSA) is 24.8 Å². The summed E-state index contributed by atoms with van der Waals surface area (Å²) in [6, 6.07) is 3.69. The molecule has 0 amide bonds. The number of benzene rings is 1. The van der Waals surface area contributed by atoms with Crippen molar-refractivity contribution in [1.82, 2.24) is 4.90 Å². The Labute approximate surface area is 111 Å². The maximum Gasteiger partial charge on any atom is 0.156 e. The fraction of sp³-hybridized carbons (Fsp3) is 0.417. The molecule has 0 spiro atoms. The van der Waals surface area contributed by atoms with Gasteiger partial charge in [0.2, 0.25) is 0 Å². The van der Waals surface area contributed by atoms with Gasteiger partial charge in [-0.25, -0.2) is 0 Å². The summed E-state index contributed by atoms with van der Waals surface area (Å²) in [7, 11) is 2.00. The zero-order valence-corrected chi connectivity index (χ0v) is 11.3. The van der Waals surface area contributed by atoms with Crippen LogP contribution in [0.2, 0.25) is 10.0 Å². The van der Waals surface area contributed by atoms with E-state index in [0.29, 0.717) is 22.4 Å². The smallest absolute Gasteiger partial charge is 0.156 e. The van der Waals surface area contributed by atoms with E-state index in [-0.39, 0.29) is 0 Å². The first kappa shape index (κ1) is 12.5. The molecular formula is C12H14Cl2N2O. The normalized spacial score (nSPS) is 15.1. The van der Waals surface area contributed by atoms with Gasteiger partial charge in [-0.1, -0.05) is 23.2 Å². The largest absolute Gasteiger partial charge is 0.491 e. The second-order valence-electron chi connectivity index (χ2n) is 3.83. The number of rotatable bonds is 3. The molecule has 0 saturated heterocycles. The van der Waals surface area contributed by atoms with Crippen LogP contribution in [0.4, 0.5) is 0 Å². The lowest BCUT2D eigenvalue weighted by molar-refractivity contribution is 0.340. The minimum absolute atomic E-state index is 0.525. The van der Waals surface area contributed by atoms with Crippen molar-refractivity contribution in [1.29, 1.82) is 0 Å². The van der Waals surface area contributed by atoms with Gasteiger partial charge < -0.3 is 9.64 Å². The zero-order valence-electron chi connectivity index (χ0n) is 9.83. The van der Waals surface area contributed by atoms with E-state index in [1.54, 1.807) is 0 Å². The van der Waals surface area contributed by atoms with Crippen LogP contribution in [0.25, 0.3) is 0 Å². The van der Waals surface area contributed by atoms with Gasteiger partial charge in [0.1, 0.15) is 5.84 Å². The molecule has 0 aromatic heterocycles. The van der Waals surface area contributed by atoms with Gasteiger partial charge in [0, 0.05) is 19.2 Å². The summed E-state index contributed by atoms with van der Waals surface area (Å²) in [5, 5.41) is 1.05. The van der Waals surface area contributed by atoms with Gasteiger partial charge in [-0.2, -0.15) is 0 Å². The fourth-order valence-corrected chi connectivity index (χ4v) is 2.41. The van der Waals surface area contributed by atoms with Crippen LogP contribution in [0, 0.1) is 0 Å². The van der Waals surface area contributed by atoms with Crippen molar-refractivity contribution < 1.29 is 4.74 Å². The second-order valence-corrected chi connectivity index (χ2v) is 4.64. The zero-order chi connectivity index (χ0) is 12.4. The first-order valence-electron chi connectivity index (χ1n) is 5.51. The average molecular weight is 273 g/mol. The third-order valence-corrected chi connectivity index (χ3v) is 3.17. The third-order valence-electron chi connectivity index (χ3n) is 2.60. The Morgan fingerprint density at radius 3 is 2.47 bits per heavy atom. The predicted octanol–water partition coefficient (Wildman–Crippen LogP) is 3.08.